The van der Waals surface area contributed by atoms with E-state index < -0.39 is 0 Å². The van der Waals surface area contributed by atoms with Crippen LogP contribution in [0, 0.1) is 0 Å². The molecule has 2 aromatic carbocycles. The number of aromatic hydroxyl groups is 1. The first-order valence-electron chi connectivity index (χ1n) is 6.54. The standard InChI is InChI=1S/C17H20O/c1-4-13-5-6-15(12(2)3)11-17(13)14-7-9-16(18)10-8-14/h5-12,18H,4H2,1-3H3. The van der Waals surface area contributed by atoms with Gasteiger partial charge in [-0.15, -0.1) is 0 Å². The molecule has 18 heavy (non-hydrogen) atoms. The predicted octanol–water partition coefficient (Wildman–Crippen LogP) is 4.75. The Kier molecular flexibility index (Phi) is 3.71. The Hall–Kier alpha value is -1.76. The van der Waals surface area contributed by atoms with Gasteiger partial charge in [-0.25, -0.2) is 0 Å². The van der Waals surface area contributed by atoms with Crippen LogP contribution in [0.4, 0.5) is 0 Å². The summed E-state index contributed by atoms with van der Waals surface area (Å²) in [6.07, 6.45) is 1.02. The van der Waals surface area contributed by atoms with Crippen molar-refractivity contribution in [3.8, 4) is 16.9 Å². The molecule has 2 rings (SSSR count). The number of hydrogen-bond donors (Lipinski definition) is 1. The molecule has 0 saturated carbocycles. The molecule has 1 N–H and O–H groups in total. The van der Waals surface area contributed by atoms with E-state index in [-0.39, 0.29) is 0 Å². The van der Waals surface area contributed by atoms with E-state index in [1.807, 2.05) is 12.1 Å². The van der Waals surface area contributed by atoms with Gasteiger partial charge in [0.05, 0.1) is 0 Å². The van der Waals surface area contributed by atoms with Gasteiger partial charge in [-0.1, -0.05) is 51.1 Å². The van der Waals surface area contributed by atoms with Crippen molar-refractivity contribution in [3.63, 3.8) is 0 Å². The summed E-state index contributed by atoms with van der Waals surface area (Å²) >= 11 is 0. The molecule has 0 atom stereocenters. The minimum atomic E-state index is 0.316. The van der Waals surface area contributed by atoms with Crippen LogP contribution in [0.3, 0.4) is 0 Å². The van der Waals surface area contributed by atoms with Gasteiger partial charge in [-0.05, 0) is 46.7 Å². The summed E-state index contributed by atoms with van der Waals surface area (Å²) in [4.78, 5) is 0. The van der Waals surface area contributed by atoms with Gasteiger partial charge in [0.15, 0.2) is 0 Å². The van der Waals surface area contributed by atoms with Crippen LogP contribution in [0.1, 0.15) is 37.8 Å². The normalized spacial score (nSPS) is 10.9. The van der Waals surface area contributed by atoms with Crippen molar-refractivity contribution < 1.29 is 5.11 Å². The highest BCUT2D eigenvalue weighted by Gasteiger charge is 2.07. The lowest BCUT2D eigenvalue weighted by molar-refractivity contribution is 0.475. The average Bonchev–Trinajstić information content (AvgIpc) is 2.39. The first kappa shape index (κ1) is 12.7. The van der Waals surface area contributed by atoms with Crippen molar-refractivity contribution in [2.45, 2.75) is 33.1 Å². The van der Waals surface area contributed by atoms with Crippen molar-refractivity contribution in [1.82, 2.24) is 0 Å². The van der Waals surface area contributed by atoms with Crippen LogP contribution >= 0.6 is 0 Å². The molecular weight excluding hydrogens is 220 g/mol. The Morgan fingerprint density at radius 1 is 1.00 bits per heavy atom. The Balaban J connectivity index is 2.53. The molecule has 0 amide bonds. The number of aryl methyl sites for hydroxylation is 1. The van der Waals surface area contributed by atoms with E-state index in [0.717, 1.165) is 6.42 Å². The Bertz CT molecular complexity index is 524. The van der Waals surface area contributed by atoms with Crippen LogP contribution in [-0.2, 0) is 6.42 Å². The lowest BCUT2D eigenvalue weighted by Crippen LogP contribution is -1.93. The maximum Gasteiger partial charge on any atom is 0.115 e. The van der Waals surface area contributed by atoms with Crippen LogP contribution in [0.2, 0.25) is 0 Å². The van der Waals surface area contributed by atoms with E-state index in [1.54, 1.807) is 12.1 Å². The molecule has 1 heteroatoms. The van der Waals surface area contributed by atoms with Crippen molar-refractivity contribution in [2.24, 2.45) is 0 Å². The summed E-state index contributed by atoms with van der Waals surface area (Å²) in [5, 5.41) is 9.37. The van der Waals surface area contributed by atoms with Gasteiger partial charge >= 0.3 is 0 Å². The van der Waals surface area contributed by atoms with E-state index >= 15 is 0 Å². The maximum atomic E-state index is 9.37. The Labute approximate surface area is 109 Å². The molecule has 0 aliphatic rings. The summed E-state index contributed by atoms with van der Waals surface area (Å²) in [5.41, 5.74) is 5.16. The zero-order valence-corrected chi connectivity index (χ0v) is 11.3. The molecule has 0 aromatic heterocycles. The van der Waals surface area contributed by atoms with Crippen molar-refractivity contribution in [1.29, 1.82) is 0 Å². The molecule has 0 saturated heterocycles. The van der Waals surface area contributed by atoms with E-state index in [2.05, 4.69) is 39.0 Å². The highest BCUT2D eigenvalue weighted by atomic mass is 16.3. The summed E-state index contributed by atoms with van der Waals surface area (Å²) in [5.74, 6) is 0.851. The number of phenolic OH excluding ortho intramolecular Hbond substituents is 1. The molecule has 0 bridgehead atoms. The van der Waals surface area contributed by atoms with Gasteiger partial charge in [0, 0.05) is 0 Å². The van der Waals surface area contributed by atoms with Crippen molar-refractivity contribution in [3.05, 3.63) is 53.6 Å². The van der Waals surface area contributed by atoms with Gasteiger partial charge in [-0.3, -0.25) is 0 Å². The fourth-order valence-electron chi connectivity index (χ4n) is 2.17. The molecule has 0 aliphatic heterocycles. The van der Waals surface area contributed by atoms with E-state index in [4.69, 9.17) is 0 Å². The molecule has 0 heterocycles. The van der Waals surface area contributed by atoms with Gasteiger partial charge in [0.2, 0.25) is 0 Å². The van der Waals surface area contributed by atoms with Crippen LogP contribution in [0.25, 0.3) is 11.1 Å². The largest absolute Gasteiger partial charge is 0.508 e. The summed E-state index contributed by atoms with van der Waals surface area (Å²) in [6.45, 7) is 6.59. The number of phenols is 1. The van der Waals surface area contributed by atoms with Gasteiger partial charge in [-0.2, -0.15) is 0 Å². The molecule has 0 fully saturated rings. The van der Waals surface area contributed by atoms with E-state index in [0.29, 0.717) is 11.7 Å². The molecule has 0 unspecified atom stereocenters. The van der Waals surface area contributed by atoms with E-state index in [1.165, 1.54) is 22.3 Å². The third-order valence-electron chi connectivity index (χ3n) is 3.36. The van der Waals surface area contributed by atoms with Crippen LogP contribution < -0.4 is 0 Å². The molecule has 0 aliphatic carbocycles. The number of hydrogen-bond acceptors (Lipinski definition) is 1. The molecule has 94 valence electrons. The fourth-order valence-corrected chi connectivity index (χ4v) is 2.17. The zero-order valence-electron chi connectivity index (χ0n) is 11.3. The minimum absolute atomic E-state index is 0.316. The molecular formula is C17H20O. The van der Waals surface area contributed by atoms with Gasteiger partial charge in [0.1, 0.15) is 5.75 Å². The Morgan fingerprint density at radius 2 is 1.67 bits per heavy atom. The van der Waals surface area contributed by atoms with Crippen molar-refractivity contribution >= 4 is 0 Å². The third kappa shape index (κ3) is 2.56. The summed E-state index contributed by atoms with van der Waals surface area (Å²) in [6, 6.07) is 14.2. The van der Waals surface area contributed by atoms with Crippen molar-refractivity contribution in [2.75, 3.05) is 0 Å². The minimum Gasteiger partial charge on any atom is -0.508 e. The topological polar surface area (TPSA) is 20.2 Å². The second-order valence-electron chi connectivity index (χ2n) is 4.97. The van der Waals surface area contributed by atoms with Crippen LogP contribution in [-0.4, -0.2) is 5.11 Å². The summed E-state index contributed by atoms with van der Waals surface area (Å²) in [7, 11) is 0. The lowest BCUT2D eigenvalue weighted by atomic mass is 9.92. The lowest BCUT2D eigenvalue weighted by Gasteiger charge is -2.13. The zero-order chi connectivity index (χ0) is 13.1. The number of benzene rings is 2. The quantitative estimate of drug-likeness (QED) is 0.821. The predicted molar refractivity (Wildman–Crippen MR) is 77.0 cm³/mol. The second-order valence-corrected chi connectivity index (χ2v) is 4.97. The van der Waals surface area contributed by atoms with Gasteiger partial charge < -0.3 is 5.11 Å². The van der Waals surface area contributed by atoms with Gasteiger partial charge in [0.25, 0.3) is 0 Å². The average molecular weight is 240 g/mol. The highest BCUT2D eigenvalue weighted by molar-refractivity contribution is 5.69. The monoisotopic (exact) mass is 240 g/mol. The fraction of sp³-hybridized carbons (Fsp3) is 0.294. The van der Waals surface area contributed by atoms with E-state index in [9.17, 15) is 5.11 Å². The highest BCUT2D eigenvalue weighted by Crippen LogP contribution is 2.29. The SMILES string of the molecule is CCc1ccc(C(C)C)cc1-c1ccc(O)cc1. The maximum absolute atomic E-state index is 9.37. The summed E-state index contributed by atoms with van der Waals surface area (Å²) < 4.78 is 0. The smallest absolute Gasteiger partial charge is 0.115 e. The molecule has 0 radical (unpaired) electrons. The third-order valence-corrected chi connectivity index (χ3v) is 3.36. The molecule has 1 nitrogen and oxygen atoms in total. The first-order chi connectivity index (χ1) is 8.61. The molecule has 2 aromatic rings. The molecule has 0 spiro atoms. The number of rotatable bonds is 3. The van der Waals surface area contributed by atoms with Crippen LogP contribution in [0.15, 0.2) is 42.5 Å². The first-order valence-corrected chi connectivity index (χ1v) is 6.54. The van der Waals surface area contributed by atoms with Crippen LogP contribution in [0.5, 0.6) is 5.75 Å². The Morgan fingerprint density at radius 3 is 2.22 bits per heavy atom. The second kappa shape index (κ2) is 5.26.